The van der Waals surface area contributed by atoms with Crippen LogP contribution in [0.1, 0.15) is 58.3 Å². The van der Waals surface area contributed by atoms with Crippen LogP contribution in [0.4, 0.5) is 4.79 Å². The van der Waals surface area contributed by atoms with E-state index in [1.807, 2.05) is 16.7 Å². The monoisotopic (exact) mass is 268 g/mol. The fourth-order valence-electron chi connectivity index (χ4n) is 3.33. The molecule has 2 amide bonds. The van der Waals surface area contributed by atoms with E-state index in [1.54, 1.807) is 0 Å². The van der Waals surface area contributed by atoms with E-state index in [2.05, 4.69) is 0 Å². The second-order valence-corrected chi connectivity index (χ2v) is 6.11. The lowest BCUT2D eigenvalue weighted by molar-refractivity contribution is 0.0982. The van der Waals surface area contributed by atoms with Crippen LogP contribution in [0, 0.1) is 0 Å². The third-order valence-electron chi connectivity index (χ3n) is 4.36. The predicted octanol–water partition coefficient (Wildman–Crippen LogP) is 2.61. The molecule has 0 saturated carbocycles. The van der Waals surface area contributed by atoms with Crippen LogP contribution < -0.4 is 0 Å². The third kappa shape index (κ3) is 4.10. The molecule has 0 radical (unpaired) electrons. The number of aliphatic hydroxyl groups excluding tert-OH is 1. The van der Waals surface area contributed by atoms with Gasteiger partial charge in [-0.25, -0.2) is 4.79 Å². The molecule has 0 aromatic rings. The van der Waals surface area contributed by atoms with E-state index in [1.165, 1.54) is 19.3 Å². The molecular formula is C15H28N2O2. The van der Waals surface area contributed by atoms with Gasteiger partial charge in [-0.3, -0.25) is 0 Å². The topological polar surface area (TPSA) is 43.8 Å². The Morgan fingerprint density at radius 2 is 1.74 bits per heavy atom. The molecule has 2 heterocycles. The van der Waals surface area contributed by atoms with E-state index in [0.717, 1.165) is 51.7 Å². The summed E-state index contributed by atoms with van der Waals surface area (Å²) in [6.07, 6.45) is 8.48. The molecule has 19 heavy (non-hydrogen) atoms. The molecule has 2 unspecified atom stereocenters. The molecule has 110 valence electrons. The maximum Gasteiger partial charge on any atom is 0.320 e. The zero-order chi connectivity index (χ0) is 13.7. The molecule has 2 aliphatic heterocycles. The molecule has 4 nitrogen and oxygen atoms in total. The number of hydrogen-bond acceptors (Lipinski definition) is 2. The van der Waals surface area contributed by atoms with Crippen LogP contribution in [0.15, 0.2) is 0 Å². The molecule has 0 aliphatic carbocycles. The Morgan fingerprint density at radius 1 is 1.11 bits per heavy atom. The van der Waals surface area contributed by atoms with Crippen molar-refractivity contribution in [3.05, 3.63) is 0 Å². The molecule has 2 saturated heterocycles. The smallest absolute Gasteiger partial charge is 0.320 e. The van der Waals surface area contributed by atoms with Crippen LogP contribution in [0.5, 0.6) is 0 Å². The summed E-state index contributed by atoms with van der Waals surface area (Å²) in [5, 5.41) is 9.65. The van der Waals surface area contributed by atoms with Gasteiger partial charge in [-0.2, -0.15) is 0 Å². The third-order valence-corrected chi connectivity index (χ3v) is 4.36. The van der Waals surface area contributed by atoms with Crippen LogP contribution in [0.2, 0.25) is 0 Å². The second kappa shape index (κ2) is 7.13. The summed E-state index contributed by atoms with van der Waals surface area (Å²) in [5.74, 6) is 0. The van der Waals surface area contributed by atoms with Crippen LogP contribution in [-0.4, -0.2) is 52.7 Å². The quantitative estimate of drug-likeness (QED) is 0.836. The fourth-order valence-corrected chi connectivity index (χ4v) is 3.33. The average molecular weight is 268 g/mol. The summed E-state index contributed by atoms with van der Waals surface area (Å²) in [4.78, 5) is 16.7. The van der Waals surface area contributed by atoms with Crippen molar-refractivity contribution in [1.29, 1.82) is 0 Å². The molecule has 2 fully saturated rings. The van der Waals surface area contributed by atoms with E-state index in [9.17, 15) is 9.90 Å². The Kier molecular flexibility index (Phi) is 5.49. The first-order chi connectivity index (χ1) is 9.18. The van der Waals surface area contributed by atoms with Crippen molar-refractivity contribution in [1.82, 2.24) is 9.80 Å². The van der Waals surface area contributed by atoms with Crippen LogP contribution in [-0.2, 0) is 0 Å². The highest BCUT2D eigenvalue weighted by Gasteiger charge is 2.30. The van der Waals surface area contributed by atoms with Gasteiger partial charge in [-0.15, -0.1) is 0 Å². The normalized spacial score (nSPS) is 26.9. The van der Waals surface area contributed by atoms with Gasteiger partial charge in [-0.05, 0) is 45.4 Å². The molecule has 4 heteroatoms. The van der Waals surface area contributed by atoms with Crippen molar-refractivity contribution >= 4 is 6.03 Å². The number of carbonyl (C=O) groups is 1. The van der Waals surface area contributed by atoms with Crippen LogP contribution >= 0.6 is 0 Å². The number of piperidine rings is 1. The maximum atomic E-state index is 12.7. The van der Waals surface area contributed by atoms with Gasteiger partial charge in [0.25, 0.3) is 0 Å². The zero-order valence-corrected chi connectivity index (χ0v) is 12.2. The van der Waals surface area contributed by atoms with Gasteiger partial charge < -0.3 is 14.9 Å². The summed E-state index contributed by atoms with van der Waals surface area (Å²) in [5.41, 5.74) is 0. The predicted molar refractivity (Wildman–Crippen MR) is 76.1 cm³/mol. The molecule has 1 N–H and O–H groups in total. The number of likely N-dealkylation sites (tertiary alicyclic amines) is 2. The van der Waals surface area contributed by atoms with Gasteiger partial charge in [-0.1, -0.05) is 12.8 Å². The Bertz CT molecular complexity index is 288. The van der Waals surface area contributed by atoms with Crippen molar-refractivity contribution < 1.29 is 9.90 Å². The van der Waals surface area contributed by atoms with E-state index in [0.29, 0.717) is 0 Å². The van der Waals surface area contributed by atoms with Crippen molar-refractivity contribution in [2.75, 3.05) is 19.6 Å². The molecule has 0 aromatic carbocycles. The molecule has 2 aliphatic rings. The Hall–Kier alpha value is -0.770. The summed E-state index contributed by atoms with van der Waals surface area (Å²) < 4.78 is 0. The summed E-state index contributed by atoms with van der Waals surface area (Å²) in [7, 11) is 0. The highest BCUT2D eigenvalue weighted by molar-refractivity contribution is 5.75. The van der Waals surface area contributed by atoms with Crippen molar-refractivity contribution in [2.24, 2.45) is 0 Å². The minimum atomic E-state index is -0.320. The number of amides is 2. The number of nitrogens with zero attached hydrogens (tertiary/aromatic N) is 2. The molecule has 0 aromatic heterocycles. The van der Waals surface area contributed by atoms with Crippen molar-refractivity contribution in [3.8, 4) is 0 Å². The number of aliphatic hydroxyl groups is 1. The Balaban J connectivity index is 2.01. The highest BCUT2D eigenvalue weighted by atomic mass is 16.3. The average Bonchev–Trinajstić information content (AvgIpc) is 2.64. The SMILES string of the molecule is CC(O)CC1CCCCCN1C(=O)N1CCCCC1. The highest BCUT2D eigenvalue weighted by Crippen LogP contribution is 2.23. The van der Waals surface area contributed by atoms with Crippen LogP contribution in [0.3, 0.4) is 0 Å². The van der Waals surface area contributed by atoms with Crippen molar-refractivity contribution in [2.45, 2.75) is 70.4 Å². The molecule has 2 atom stereocenters. The van der Waals surface area contributed by atoms with Gasteiger partial charge >= 0.3 is 6.03 Å². The summed E-state index contributed by atoms with van der Waals surface area (Å²) in [6.45, 7) is 4.52. The lowest BCUT2D eigenvalue weighted by Gasteiger charge is -2.37. The number of carbonyl (C=O) groups excluding carboxylic acids is 1. The van der Waals surface area contributed by atoms with Crippen molar-refractivity contribution in [3.63, 3.8) is 0 Å². The minimum Gasteiger partial charge on any atom is -0.393 e. The molecule has 2 rings (SSSR count). The van der Waals surface area contributed by atoms with E-state index >= 15 is 0 Å². The first-order valence-electron chi connectivity index (χ1n) is 7.92. The molecule has 0 bridgehead atoms. The van der Waals surface area contributed by atoms with Gasteiger partial charge in [0.1, 0.15) is 0 Å². The first kappa shape index (κ1) is 14.6. The summed E-state index contributed by atoms with van der Waals surface area (Å²) >= 11 is 0. The summed E-state index contributed by atoms with van der Waals surface area (Å²) in [6, 6.07) is 0.448. The maximum absolute atomic E-state index is 12.7. The lowest BCUT2D eigenvalue weighted by atomic mass is 10.0. The Labute approximate surface area is 116 Å². The zero-order valence-electron chi connectivity index (χ0n) is 12.2. The second-order valence-electron chi connectivity index (χ2n) is 6.11. The number of rotatable bonds is 2. The standard InChI is InChI=1S/C15H28N2O2/c1-13(18)12-14-8-4-2-7-11-17(14)15(19)16-9-5-3-6-10-16/h13-14,18H,2-12H2,1H3. The van der Waals surface area contributed by atoms with E-state index in [-0.39, 0.29) is 18.2 Å². The van der Waals surface area contributed by atoms with Gasteiger partial charge in [0, 0.05) is 25.7 Å². The number of urea groups is 1. The number of hydrogen-bond donors (Lipinski definition) is 1. The van der Waals surface area contributed by atoms with E-state index in [4.69, 9.17) is 0 Å². The first-order valence-corrected chi connectivity index (χ1v) is 7.92. The lowest BCUT2D eigenvalue weighted by Crippen LogP contribution is -2.50. The van der Waals surface area contributed by atoms with Crippen LogP contribution in [0.25, 0.3) is 0 Å². The van der Waals surface area contributed by atoms with Gasteiger partial charge in [0.05, 0.1) is 6.10 Å². The largest absolute Gasteiger partial charge is 0.393 e. The Morgan fingerprint density at radius 3 is 2.42 bits per heavy atom. The minimum absolute atomic E-state index is 0.215. The molecular weight excluding hydrogens is 240 g/mol. The van der Waals surface area contributed by atoms with Gasteiger partial charge in [0.2, 0.25) is 0 Å². The molecule has 0 spiro atoms. The fraction of sp³-hybridized carbons (Fsp3) is 0.933. The van der Waals surface area contributed by atoms with E-state index < -0.39 is 0 Å². The van der Waals surface area contributed by atoms with Gasteiger partial charge in [0.15, 0.2) is 0 Å².